The molecule has 0 saturated carbocycles. The first-order chi connectivity index (χ1) is 13.3. The van der Waals surface area contributed by atoms with Crippen molar-refractivity contribution in [3.8, 4) is 0 Å². The number of pyridine rings is 1. The van der Waals surface area contributed by atoms with E-state index in [1.807, 2.05) is 4.90 Å². The van der Waals surface area contributed by atoms with E-state index in [4.69, 9.17) is 0 Å². The van der Waals surface area contributed by atoms with Gasteiger partial charge in [0.15, 0.2) is 5.52 Å². The van der Waals surface area contributed by atoms with Crippen molar-refractivity contribution in [2.24, 2.45) is 7.05 Å². The number of anilines is 2. The van der Waals surface area contributed by atoms with Gasteiger partial charge in [-0.3, -0.25) is 4.79 Å². The molecule has 2 aromatic heterocycles. The molecule has 28 heavy (non-hydrogen) atoms. The maximum absolute atomic E-state index is 14.4. The molecule has 1 atom stereocenters. The smallest absolute Gasteiger partial charge is 0.279 e. The van der Waals surface area contributed by atoms with E-state index in [2.05, 4.69) is 15.3 Å². The standard InChI is InChI=1S/C18H20F2N6O2/c1-10(27)11-7-12(19)17(13(20)8-11)26-5-3-25(4-6-26)15-9-14-16(18(28)21-15)22-23-24(14)2/h7-10,27H,3-6H2,1-2H3,(H,21,28). The summed E-state index contributed by atoms with van der Waals surface area (Å²) in [6, 6.07) is 4.12. The van der Waals surface area contributed by atoms with Crippen LogP contribution in [0.5, 0.6) is 0 Å². The third-order valence-electron chi connectivity index (χ3n) is 5.06. The molecular weight excluding hydrogens is 370 g/mol. The van der Waals surface area contributed by atoms with Gasteiger partial charge in [0.05, 0.1) is 11.6 Å². The number of benzene rings is 1. The molecule has 0 radical (unpaired) electrons. The maximum Gasteiger partial charge on any atom is 0.279 e. The van der Waals surface area contributed by atoms with E-state index < -0.39 is 17.7 Å². The normalized spacial score (nSPS) is 16.0. The first kappa shape index (κ1) is 18.4. The van der Waals surface area contributed by atoms with Gasteiger partial charge in [0, 0.05) is 39.3 Å². The van der Waals surface area contributed by atoms with Crippen molar-refractivity contribution in [1.29, 1.82) is 0 Å². The minimum Gasteiger partial charge on any atom is -0.389 e. The molecule has 10 heteroatoms. The lowest BCUT2D eigenvalue weighted by atomic mass is 10.1. The minimum atomic E-state index is -0.942. The number of aliphatic hydroxyl groups excluding tert-OH is 1. The number of halogens is 2. The van der Waals surface area contributed by atoms with Gasteiger partial charge in [-0.2, -0.15) is 0 Å². The highest BCUT2D eigenvalue weighted by Crippen LogP contribution is 2.29. The van der Waals surface area contributed by atoms with Crippen LogP contribution in [0.1, 0.15) is 18.6 Å². The lowest BCUT2D eigenvalue weighted by Gasteiger charge is -2.37. The third kappa shape index (κ3) is 3.09. The predicted molar refractivity (Wildman–Crippen MR) is 101 cm³/mol. The molecule has 1 aliphatic heterocycles. The molecule has 0 aliphatic carbocycles. The van der Waals surface area contributed by atoms with Crippen LogP contribution in [0.2, 0.25) is 0 Å². The number of nitrogens with zero attached hydrogens (tertiary/aromatic N) is 5. The molecule has 0 spiro atoms. The number of aromatic amines is 1. The fraction of sp³-hybridized carbons (Fsp3) is 0.389. The van der Waals surface area contributed by atoms with Gasteiger partial charge >= 0.3 is 0 Å². The fourth-order valence-corrected chi connectivity index (χ4v) is 3.50. The molecule has 1 aromatic carbocycles. The number of piperazine rings is 1. The monoisotopic (exact) mass is 390 g/mol. The van der Waals surface area contributed by atoms with Crippen LogP contribution in [0.4, 0.5) is 20.3 Å². The molecule has 148 valence electrons. The summed E-state index contributed by atoms with van der Waals surface area (Å²) < 4.78 is 30.4. The van der Waals surface area contributed by atoms with Crippen LogP contribution < -0.4 is 15.4 Å². The van der Waals surface area contributed by atoms with Crippen LogP contribution in [0, 0.1) is 11.6 Å². The largest absolute Gasteiger partial charge is 0.389 e. The van der Waals surface area contributed by atoms with E-state index in [9.17, 15) is 18.7 Å². The van der Waals surface area contributed by atoms with E-state index in [0.29, 0.717) is 37.5 Å². The minimum absolute atomic E-state index is 0.0937. The fourth-order valence-electron chi connectivity index (χ4n) is 3.50. The Hall–Kier alpha value is -3.01. The van der Waals surface area contributed by atoms with Crippen molar-refractivity contribution in [2.45, 2.75) is 13.0 Å². The van der Waals surface area contributed by atoms with Crippen LogP contribution in [0.15, 0.2) is 23.0 Å². The predicted octanol–water partition coefficient (Wildman–Crippen LogP) is 1.31. The Morgan fingerprint density at radius 3 is 2.32 bits per heavy atom. The van der Waals surface area contributed by atoms with Gasteiger partial charge in [-0.05, 0) is 24.6 Å². The number of hydrogen-bond donors (Lipinski definition) is 2. The molecule has 0 amide bonds. The third-order valence-corrected chi connectivity index (χ3v) is 5.06. The molecule has 4 rings (SSSR count). The molecule has 0 bridgehead atoms. The van der Waals surface area contributed by atoms with Gasteiger partial charge in [0.2, 0.25) is 0 Å². The van der Waals surface area contributed by atoms with E-state index in [1.165, 1.54) is 11.6 Å². The Kier molecular flexibility index (Phi) is 4.50. The van der Waals surface area contributed by atoms with Crippen LogP contribution in [0.25, 0.3) is 11.0 Å². The highest BCUT2D eigenvalue weighted by atomic mass is 19.1. The summed E-state index contributed by atoms with van der Waals surface area (Å²) in [5.74, 6) is -0.770. The van der Waals surface area contributed by atoms with E-state index in [1.54, 1.807) is 18.0 Å². The number of rotatable bonds is 3. The summed E-state index contributed by atoms with van der Waals surface area (Å²) in [7, 11) is 1.71. The Morgan fingerprint density at radius 1 is 1.11 bits per heavy atom. The average molecular weight is 390 g/mol. The Bertz CT molecular complexity index is 1060. The van der Waals surface area contributed by atoms with Crippen LogP contribution >= 0.6 is 0 Å². The summed E-state index contributed by atoms with van der Waals surface area (Å²) in [6.45, 7) is 3.17. The van der Waals surface area contributed by atoms with Crippen molar-refractivity contribution in [3.63, 3.8) is 0 Å². The van der Waals surface area contributed by atoms with Crippen molar-refractivity contribution in [1.82, 2.24) is 20.0 Å². The first-order valence-electron chi connectivity index (χ1n) is 8.94. The molecule has 1 fully saturated rings. The van der Waals surface area contributed by atoms with Gasteiger partial charge in [-0.1, -0.05) is 5.21 Å². The summed E-state index contributed by atoms with van der Waals surface area (Å²) in [6.07, 6.45) is -0.942. The second-order valence-corrected chi connectivity index (χ2v) is 6.91. The summed E-state index contributed by atoms with van der Waals surface area (Å²) in [5, 5.41) is 17.2. The molecule has 1 saturated heterocycles. The van der Waals surface area contributed by atoms with Crippen molar-refractivity contribution < 1.29 is 13.9 Å². The lowest BCUT2D eigenvalue weighted by molar-refractivity contribution is 0.198. The molecule has 3 aromatic rings. The van der Waals surface area contributed by atoms with Crippen molar-refractivity contribution >= 4 is 22.5 Å². The van der Waals surface area contributed by atoms with Gasteiger partial charge in [-0.25, -0.2) is 13.5 Å². The van der Waals surface area contributed by atoms with Gasteiger partial charge < -0.3 is 19.9 Å². The number of fused-ring (bicyclic) bond motifs is 1. The number of hydrogen-bond acceptors (Lipinski definition) is 6. The Labute approximate surface area is 159 Å². The zero-order valence-corrected chi connectivity index (χ0v) is 15.5. The number of H-pyrrole nitrogens is 1. The highest BCUT2D eigenvalue weighted by molar-refractivity contribution is 5.76. The summed E-state index contributed by atoms with van der Waals surface area (Å²) in [5.41, 5.74) is 0.671. The summed E-state index contributed by atoms with van der Waals surface area (Å²) >= 11 is 0. The second-order valence-electron chi connectivity index (χ2n) is 6.91. The van der Waals surface area contributed by atoms with E-state index in [0.717, 1.165) is 12.1 Å². The molecule has 2 N–H and O–H groups in total. The van der Waals surface area contributed by atoms with Crippen LogP contribution in [-0.4, -0.2) is 51.3 Å². The van der Waals surface area contributed by atoms with E-state index in [-0.39, 0.29) is 22.3 Å². The van der Waals surface area contributed by atoms with Crippen molar-refractivity contribution in [2.75, 3.05) is 36.0 Å². The number of aliphatic hydroxyl groups is 1. The molecule has 1 aliphatic rings. The molecule has 3 heterocycles. The van der Waals surface area contributed by atoms with Crippen LogP contribution in [-0.2, 0) is 7.05 Å². The SMILES string of the molecule is CC(O)c1cc(F)c(N2CCN(c3cc4c(nnn4C)c(=O)[nH]3)CC2)c(F)c1. The Balaban J connectivity index is 1.56. The molecular formula is C18H20F2N6O2. The van der Waals surface area contributed by atoms with Gasteiger partial charge in [-0.15, -0.1) is 5.10 Å². The summed E-state index contributed by atoms with van der Waals surface area (Å²) in [4.78, 5) is 18.6. The van der Waals surface area contributed by atoms with Gasteiger partial charge in [0.25, 0.3) is 5.56 Å². The van der Waals surface area contributed by atoms with Crippen molar-refractivity contribution in [3.05, 3.63) is 45.8 Å². The zero-order valence-electron chi connectivity index (χ0n) is 15.5. The van der Waals surface area contributed by atoms with E-state index >= 15 is 0 Å². The maximum atomic E-state index is 14.4. The number of aromatic nitrogens is 4. The average Bonchev–Trinajstić information content (AvgIpc) is 3.03. The topological polar surface area (TPSA) is 90.3 Å². The number of nitrogens with one attached hydrogen (secondary N) is 1. The lowest BCUT2D eigenvalue weighted by Crippen LogP contribution is -2.47. The highest BCUT2D eigenvalue weighted by Gasteiger charge is 2.24. The van der Waals surface area contributed by atoms with Crippen LogP contribution in [0.3, 0.4) is 0 Å². The first-order valence-corrected chi connectivity index (χ1v) is 8.94. The molecule has 1 unspecified atom stereocenters. The number of aryl methyl sites for hydroxylation is 1. The zero-order chi connectivity index (χ0) is 20.0. The quantitative estimate of drug-likeness (QED) is 0.701. The molecule has 8 nitrogen and oxygen atoms in total. The Morgan fingerprint density at radius 2 is 1.71 bits per heavy atom. The van der Waals surface area contributed by atoms with Gasteiger partial charge in [0.1, 0.15) is 23.1 Å². The second kappa shape index (κ2) is 6.86.